The molecule has 1 aromatic heterocycles. The van der Waals surface area contributed by atoms with Gasteiger partial charge in [0.1, 0.15) is 10.5 Å². The molecule has 2 rings (SSSR count). The highest BCUT2D eigenvalue weighted by Gasteiger charge is 2.28. The smallest absolute Gasteiger partial charge is 0.129 e. The number of aromatic amines is 1. The predicted octanol–water partition coefficient (Wildman–Crippen LogP) is 5.02. The molecule has 0 atom stereocenters. The van der Waals surface area contributed by atoms with Gasteiger partial charge < -0.3 is 4.98 Å². The summed E-state index contributed by atoms with van der Waals surface area (Å²) >= 11 is 5.32. The Bertz CT molecular complexity index is 478. The molecule has 0 unspecified atom stereocenters. The van der Waals surface area contributed by atoms with Crippen molar-refractivity contribution in [2.45, 2.75) is 65.7 Å². The third-order valence-electron chi connectivity index (χ3n) is 4.17. The van der Waals surface area contributed by atoms with Crippen LogP contribution < -0.4 is 0 Å². The van der Waals surface area contributed by atoms with E-state index in [2.05, 4.69) is 37.7 Å². The standard InChI is InChI=1S/C16H26N2S/c1-11(2)9-13-10-14(19)18-15(17-13)12-5-7-16(3,4)8-6-12/h10-12H,5-9H2,1-4H3,(H,17,18,19). The van der Waals surface area contributed by atoms with Crippen molar-refractivity contribution in [1.82, 2.24) is 9.97 Å². The van der Waals surface area contributed by atoms with Gasteiger partial charge in [0.05, 0.1) is 0 Å². The molecule has 3 heteroatoms. The van der Waals surface area contributed by atoms with Crippen molar-refractivity contribution in [2.75, 3.05) is 0 Å². The zero-order valence-electron chi connectivity index (χ0n) is 12.6. The summed E-state index contributed by atoms with van der Waals surface area (Å²) in [6, 6.07) is 2.02. The van der Waals surface area contributed by atoms with Crippen LogP contribution in [0.3, 0.4) is 0 Å². The van der Waals surface area contributed by atoms with Gasteiger partial charge in [-0.15, -0.1) is 0 Å². The zero-order valence-corrected chi connectivity index (χ0v) is 13.4. The van der Waals surface area contributed by atoms with Crippen LogP contribution in [0.5, 0.6) is 0 Å². The van der Waals surface area contributed by atoms with Gasteiger partial charge in [0, 0.05) is 11.6 Å². The third kappa shape index (κ3) is 4.13. The maximum absolute atomic E-state index is 5.32. The van der Waals surface area contributed by atoms with Crippen LogP contribution in [0, 0.1) is 16.0 Å². The molecule has 1 aliphatic rings. The number of H-pyrrole nitrogens is 1. The number of hydrogen-bond donors (Lipinski definition) is 1. The fourth-order valence-corrected chi connectivity index (χ4v) is 3.19. The van der Waals surface area contributed by atoms with E-state index in [1.54, 1.807) is 0 Å². The molecule has 0 spiro atoms. The molecule has 0 aromatic carbocycles. The molecule has 0 radical (unpaired) electrons. The van der Waals surface area contributed by atoms with Crippen LogP contribution in [0.15, 0.2) is 6.07 Å². The largest absolute Gasteiger partial charge is 0.347 e. The minimum absolute atomic E-state index is 0.503. The van der Waals surface area contributed by atoms with E-state index in [4.69, 9.17) is 12.2 Å². The lowest BCUT2D eigenvalue weighted by Crippen LogP contribution is -2.21. The Labute approximate surface area is 122 Å². The molecule has 1 fully saturated rings. The summed E-state index contributed by atoms with van der Waals surface area (Å²) < 4.78 is 0.745. The second kappa shape index (κ2) is 5.74. The maximum Gasteiger partial charge on any atom is 0.129 e. The second-order valence-corrected chi connectivity index (χ2v) is 7.58. The van der Waals surface area contributed by atoms with Crippen LogP contribution in [0.25, 0.3) is 0 Å². The highest BCUT2D eigenvalue weighted by molar-refractivity contribution is 7.71. The quantitative estimate of drug-likeness (QED) is 0.786. The van der Waals surface area contributed by atoms with E-state index < -0.39 is 0 Å². The lowest BCUT2D eigenvalue weighted by molar-refractivity contribution is 0.220. The first-order chi connectivity index (χ1) is 8.85. The Morgan fingerprint density at radius 2 is 2.00 bits per heavy atom. The fourth-order valence-electron chi connectivity index (χ4n) is 2.94. The van der Waals surface area contributed by atoms with E-state index >= 15 is 0 Å². The molecular weight excluding hydrogens is 252 g/mol. The van der Waals surface area contributed by atoms with E-state index in [9.17, 15) is 0 Å². The average Bonchev–Trinajstić information content (AvgIpc) is 2.26. The average molecular weight is 278 g/mol. The summed E-state index contributed by atoms with van der Waals surface area (Å²) in [6.45, 7) is 9.21. The number of hydrogen-bond acceptors (Lipinski definition) is 2. The van der Waals surface area contributed by atoms with Gasteiger partial charge in [-0.05, 0) is 49.5 Å². The first-order valence-corrected chi connectivity index (χ1v) is 7.87. The summed E-state index contributed by atoms with van der Waals surface area (Å²) in [5.41, 5.74) is 1.75. The zero-order chi connectivity index (χ0) is 14.0. The molecule has 1 saturated carbocycles. The Kier molecular flexibility index (Phi) is 4.44. The van der Waals surface area contributed by atoms with Gasteiger partial charge in [-0.2, -0.15) is 0 Å². The van der Waals surface area contributed by atoms with Crippen molar-refractivity contribution in [3.63, 3.8) is 0 Å². The minimum Gasteiger partial charge on any atom is -0.347 e. The normalized spacial score (nSPS) is 19.8. The Hall–Kier alpha value is -0.700. The molecule has 1 N–H and O–H groups in total. The Balaban J connectivity index is 2.16. The van der Waals surface area contributed by atoms with E-state index in [1.807, 2.05) is 6.07 Å². The predicted molar refractivity (Wildman–Crippen MR) is 83.0 cm³/mol. The summed E-state index contributed by atoms with van der Waals surface area (Å²) in [7, 11) is 0. The van der Waals surface area contributed by atoms with Crippen LogP contribution >= 0.6 is 12.2 Å². The molecule has 0 amide bonds. The number of nitrogens with one attached hydrogen (secondary N) is 1. The highest BCUT2D eigenvalue weighted by atomic mass is 32.1. The monoisotopic (exact) mass is 278 g/mol. The highest BCUT2D eigenvalue weighted by Crippen LogP contribution is 2.41. The van der Waals surface area contributed by atoms with Crippen molar-refractivity contribution < 1.29 is 0 Å². The van der Waals surface area contributed by atoms with E-state index in [1.165, 1.54) is 31.4 Å². The Morgan fingerprint density at radius 3 is 2.58 bits per heavy atom. The van der Waals surface area contributed by atoms with Gasteiger partial charge in [0.25, 0.3) is 0 Å². The molecular formula is C16H26N2S. The van der Waals surface area contributed by atoms with Crippen LogP contribution in [0.4, 0.5) is 0 Å². The molecule has 0 bridgehead atoms. The summed E-state index contributed by atoms with van der Waals surface area (Å²) in [4.78, 5) is 8.11. The van der Waals surface area contributed by atoms with Crippen molar-refractivity contribution in [3.8, 4) is 0 Å². The van der Waals surface area contributed by atoms with Crippen molar-refractivity contribution in [3.05, 3.63) is 22.2 Å². The van der Waals surface area contributed by atoms with Gasteiger partial charge in [-0.3, -0.25) is 0 Å². The molecule has 1 heterocycles. The van der Waals surface area contributed by atoms with E-state index in [-0.39, 0.29) is 0 Å². The molecule has 19 heavy (non-hydrogen) atoms. The van der Waals surface area contributed by atoms with Gasteiger partial charge in [-0.1, -0.05) is 39.9 Å². The van der Waals surface area contributed by atoms with Crippen LogP contribution in [-0.2, 0) is 6.42 Å². The van der Waals surface area contributed by atoms with Crippen LogP contribution in [-0.4, -0.2) is 9.97 Å². The van der Waals surface area contributed by atoms with Gasteiger partial charge in [0.15, 0.2) is 0 Å². The first-order valence-electron chi connectivity index (χ1n) is 7.46. The lowest BCUT2D eigenvalue weighted by Gasteiger charge is -2.33. The topological polar surface area (TPSA) is 28.7 Å². The number of rotatable bonds is 3. The van der Waals surface area contributed by atoms with Crippen LogP contribution in [0.1, 0.15) is 70.8 Å². The first kappa shape index (κ1) is 14.7. The van der Waals surface area contributed by atoms with Crippen LogP contribution in [0.2, 0.25) is 0 Å². The maximum atomic E-state index is 5.32. The molecule has 106 valence electrons. The minimum atomic E-state index is 0.503. The molecule has 0 saturated heterocycles. The SMILES string of the molecule is CC(C)Cc1cc(=S)nc(C2CCC(C)(C)CC2)[nH]1. The summed E-state index contributed by atoms with van der Waals surface area (Å²) in [6.07, 6.45) is 6.09. The molecule has 1 aromatic rings. The molecule has 1 aliphatic carbocycles. The van der Waals surface area contributed by atoms with Crippen molar-refractivity contribution in [1.29, 1.82) is 0 Å². The lowest BCUT2D eigenvalue weighted by atomic mass is 9.73. The molecule has 2 nitrogen and oxygen atoms in total. The third-order valence-corrected chi connectivity index (χ3v) is 4.38. The van der Waals surface area contributed by atoms with E-state index in [0.717, 1.165) is 16.9 Å². The fraction of sp³-hybridized carbons (Fsp3) is 0.750. The van der Waals surface area contributed by atoms with Gasteiger partial charge in [0.2, 0.25) is 0 Å². The molecule has 0 aliphatic heterocycles. The van der Waals surface area contributed by atoms with E-state index in [0.29, 0.717) is 17.3 Å². The van der Waals surface area contributed by atoms with Crippen molar-refractivity contribution >= 4 is 12.2 Å². The summed E-state index contributed by atoms with van der Waals surface area (Å²) in [5, 5.41) is 0. The second-order valence-electron chi connectivity index (χ2n) is 7.17. The van der Waals surface area contributed by atoms with Gasteiger partial charge in [-0.25, -0.2) is 4.98 Å². The van der Waals surface area contributed by atoms with Gasteiger partial charge >= 0.3 is 0 Å². The number of aromatic nitrogens is 2. The van der Waals surface area contributed by atoms with Crippen molar-refractivity contribution in [2.24, 2.45) is 11.3 Å². The Morgan fingerprint density at radius 1 is 1.37 bits per heavy atom. The number of nitrogens with zero attached hydrogens (tertiary/aromatic N) is 1. The summed E-state index contributed by atoms with van der Waals surface area (Å²) in [5.74, 6) is 2.34.